The summed E-state index contributed by atoms with van der Waals surface area (Å²) in [6.07, 6.45) is 6.64. The van der Waals surface area contributed by atoms with Crippen molar-refractivity contribution in [1.82, 2.24) is 9.55 Å². The molecule has 0 radical (unpaired) electrons. The summed E-state index contributed by atoms with van der Waals surface area (Å²) in [7, 11) is 0. The maximum Gasteiger partial charge on any atom is 0.133 e. The van der Waals surface area contributed by atoms with Crippen LogP contribution in [0.2, 0.25) is 0 Å². The van der Waals surface area contributed by atoms with E-state index in [-0.39, 0.29) is 18.0 Å². The Hall–Kier alpha value is -1.68. The highest BCUT2D eigenvalue weighted by atomic mass is 35.5. The molecule has 0 aliphatic heterocycles. The second-order valence-electron chi connectivity index (χ2n) is 5.40. The van der Waals surface area contributed by atoms with Crippen molar-refractivity contribution in [3.63, 3.8) is 0 Å². The van der Waals surface area contributed by atoms with Gasteiger partial charge in [-0.25, -0.2) is 13.8 Å². The van der Waals surface area contributed by atoms with Crippen molar-refractivity contribution >= 4 is 24.2 Å². The van der Waals surface area contributed by atoms with Crippen LogP contribution in [0.3, 0.4) is 0 Å². The van der Waals surface area contributed by atoms with Gasteiger partial charge in [-0.2, -0.15) is 0 Å². The minimum absolute atomic E-state index is 0. The van der Waals surface area contributed by atoms with E-state index in [1.165, 1.54) is 18.2 Å². The third-order valence-corrected chi connectivity index (χ3v) is 2.84. The quantitative estimate of drug-likeness (QED) is 0.790. The average molecular weight is 299 g/mol. The maximum absolute atomic E-state index is 14.0. The number of allylic oxidation sites excluding steroid dienone is 1. The van der Waals surface area contributed by atoms with Gasteiger partial charge in [0.15, 0.2) is 0 Å². The number of rotatable bonds is 2. The maximum atomic E-state index is 14.0. The summed E-state index contributed by atoms with van der Waals surface area (Å²) < 4.78 is 29.6. The van der Waals surface area contributed by atoms with Gasteiger partial charge in [0.1, 0.15) is 11.6 Å². The predicted octanol–water partition coefficient (Wildman–Crippen LogP) is 4.63. The first kappa shape index (κ1) is 16.4. The zero-order chi connectivity index (χ0) is 14.0. The topological polar surface area (TPSA) is 17.8 Å². The summed E-state index contributed by atoms with van der Waals surface area (Å²) in [5.74, 6) is -1.11. The molecule has 20 heavy (non-hydrogen) atoms. The molecular formula is C15H17ClF2N2. The lowest BCUT2D eigenvalue weighted by molar-refractivity contribution is 0.534. The molecule has 0 N–H and O–H groups in total. The van der Waals surface area contributed by atoms with Gasteiger partial charge in [-0.1, -0.05) is 26.8 Å². The first-order chi connectivity index (χ1) is 8.89. The molecule has 0 aliphatic rings. The highest BCUT2D eigenvalue weighted by molar-refractivity contribution is 5.85. The lowest BCUT2D eigenvalue weighted by Gasteiger charge is -2.24. The van der Waals surface area contributed by atoms with Gasteiger partial charge in [-0.15, -0.1) is 12.4 Å². The Morgan fingerprint density at radius 2 is 1.80 bits per heavy atom. The zero-order valence-electron chi connectivity index (χ0n) is 11.6. The van der Waals surface area contributed by atoms with Gasteiger partial charge in [0.2, 0.25) is 0 Å². The van der Waals surface area contributed by atoms with Crippen LogP contribution in [0.5, 0.6) is 0 Å². The van der Waals surface area contributed by atoms with Crippen molar-refractivity contribution in [1.29, 1.82) is 0 Å². The molecule has 2 aromatic rings. The molecule has 5 heteroatoms. The van der Waals surface area contributed by atoms with E-state index in [2.05, 4.69) is 4.98 Å². The molecule has 0 spiro atoms. The third kappa shape index (κ3) is 3.45. The van der Waals surface area contributed by atoms with Gasteiger partial charge in [0, 0.05) is 18.6 Å². The molecular weight excluding hydrogens is 282 g/mol. The van der Waals surface area contributed by atoms with E-state index in [4.69, 9.17) is 0 Å². The molecule has 108 valence electrons. The van der Waals surface area contributed by atoms with E-state index >= 15 is 0 Å². The Balaban J connectivity index is 0.00000200. The molecule has 0 aliphatic carbocycles. The van der Waals surface area contributed by atoms with E-state index in [0.29, 0.717) is 5.57 Å². The van der Waals surface area contributed by atoms with E-state index in [0.717, 1.165) is 0 Å². The zero-order valence-corrected chi connectivity index (χ0v) is 12.4. The van der Waals surface area contributed by atoms with Gasteiger partial charge in [-0.3, -0.25) is 0 Å². The number of benzene rings is 1. The Morgan fingerprint density at radius 1 is 1.20 bits per heavy atom. The fourth-order valence-electron chi connectivity index (χ4n) is 1.88. The Bertz CT molecular complexity index is 579. The second-order valence-corrected chi connectivity index (χ2v) is 5.40. The van der Waals surface area contributed by atoms with Crippen LogP contribution < -0.4 is 0 Å². The van der Waals surface area contributed by atoms with Crippen molar-refractivity contribution < 1.29 is 8.78 Å². The van der Waals surface area contributed by atoms with Crippen molar-refractivity contribution in [3.05, 3.63) is 54.1 Å². The molecule has 0 saturated heterocycles. The molecule has 0 amide bonds. The molecule has 0 saturated carbocycles. The van der Waals surface area contributed by atoms with Crippen molar-refractivity contribution in [2.24, 2.45) is 5.41 Å². The van der Waals surface area contributed by atoms with Crippen LogP contribution in [0.1, 0.15) is 26.3 Å². The average Bonchev–Trinajstić information content (AvgIpc) is 2.79. The standard InChI is InChI=1S/C15H16F2N2.ClH/c1-15(2,3)11(9-19-8-7-18-10-19)14-12(16)5-4-6-13(14)17;/h4-10H,1-3H3;1H/b11-9-;. The van der Waals surface area contributed by atoms with Crippen LogP contribution in [0.25, 0.3) is 11.8 Å². The molecule has 1 aromatic heterocycles. The monoisotopic (exact) mass is 298 g/mol. The van der Waals surface area contributed by atoms with E-state index < -0.39 is 17.0 Å². The van der Waals surface area contributed by atoms with Crippen LogP contribution in [0, 0.1) is 17.0 Å². The summed E-state index contributed by atoms with van der Waals surface area (Å²) >= 11 is 0. The summed E-state index contributed by atoms with van der Waals surface area (Å²) in [5.41, 5.74) is 0.206. The molecule has 2 rings (SSSR count). The van der Waals surface area contributed by atoms with Crippen LogP contribution in [0.15, 0.2) is 36.9 Å². The highest BCUT2D eigenvalue weighted by Gasteiger charge is 2.24. The lowest BCUT2D eigenvalue weighted by atomic mass is 9.82. The minimum Gasteiger partial charge on any atom is -0.313 e. The van der Waals surface area contributed by atoms with Gasteiger partial charge in [-0.05, 0) is 23.1 Å². The number of hydrogen-bond acceptors (Lipinski definition) is 1. The fourth-order valence-corrected chi connectivity index (χ4v) is 1.88. The Morgan fingerprint density at radius 3 is 2.25 bits per heavy atom. The van der Waals surface area contributed by atoms with Gasteiger partial charge >= 0.3 is 0 Å². The van der Waals surface area contributed by atoms with Crippen LogP contribution in [0.4, 0.5) is 8.78 Å². The van der Waals surface area contributed by atoms with E-state index in [9.17, 15) is 8.78 Å². The number of nitrogens with zero attached hydrogens (tertiary/aromatic N) is 2. The predicted molar refractivity (Wildman–Crippen MR) is 79.5 cm³/mol. The number of halogens is 3. The number of aromatic nitrogens is 2. The largest absolute Gasteiger partial charge is 0.313 e. The van der Waals surface area contributed by atoms with Gasteiger partial charge in [0.05, 0.1) is 11.9 Å². The highest BCUT2D eigenvalue weighted by Crippen LogP contribution is 2.37. The SMILES string of the molecule is CC(C)(C)/C(=C\n1ccnc1)c1c(F)cccc1F.Cl. The summed E-state index contributed by atoms with van der Waals surface area (Å²) in [5, 5.41) is 0. The Kier molecular flexibility index (Phi) is 5.06. The first-order valence-corrected chi connectivity index (χ1v) is 6.03. The van der Waals surface area contributed by atoms with Gasteiger partial charge < -0.3 is 4.57 Å². The molecule has 0 bridgehead atoms. The first-order valence-electron chi connectivity index (χ1n) is 6.03. The minimum atomic E-state index is -0.554. The molecule has 0 atom stereocenters. The molecule has 1 heterocycles. The molecule has 0 fully saturated rings. The smallest absolute Gasteiger partial charge is 0.133 e. The molecule has 2 nitrogen and oxygen atoms in total. The van der Waals surface area contributed by atoms with Crippen LogP contribution in [-0.2, 0) is 0 Å². The molecule has 1 aromatic carbocycles. The Labute approximate surface area is 123 Å². The van der Waals surface area contributed by atoms with Gasteiger partial charge in [0.25, 0.3) is 0 Å². The van der Waals surface area contributed by atoms with Crippen molar-refractivity contribution in [2.45, 2.75) is 20.8 Å². The fraction of sp³-hybridized carbons (Fsp3) is 0.267. The van der Waals surface area contributed by atoms with E-state index in [1.807, 2.05) is 20.8 Å². The van der Waals surface area contributed by atoms with Crippen LogP contribution >= 0.6 is 12.4 Å². The summed E-state index contributed by atoms with van der Waals surface area (Å²) in [6.45, 7) is 5.75. The van der Waals surface area contributed by atoms with Crippen molar-refractivity contribution in [2.75, 3.05) is 0 Å². The summed E-state index contributed by atoms with van der Waals surface area (Å²) in [4.78, 5) is 3.93. The summed E-state index contributed by atoms with van der Waals surface area (Å²) in [6, 6.07) is 3.91. The second kappa shape index (κ2) is 6.18. The van der Waals surface area contributed by atoms with Crippen molar-refractivity contribution in [3.8, 4) is 0 Å². The lowest BCUT2D eigenvalue weighted by Crippen LogP contribution is -2.12. The number of hydrogen-bond donors (Lipinski definition) is 0. The van der Waals surface area contributed by atoms with Crippen LogP contribution in [-0.4, -0.2) is 9.55 Å². The normalized spacial score (nSPS) is 12.2. The van der Waals surface area contributed by atoms with E-state index in [1.54, 1.807) is 29.5 Å². The third-order valence-electron chi connectivity index (χ3n) is 2.84. The molecule has 0 unspecified atom stereocenters. The number of imidazole rings is 1.